The Bertz CT molecular complexity index is 803. The molecule has 0 saturated carbocycles. The molecule has 0 bridgehead atoms. The van der Waals surface area contributed by atoms with Crippen LogP contribution in [-0.2, 0) is 14.3 Å². The molecule has 28 heavy (non-hydrogen) atoms. The zero-order chi connectivity index (χ0) is 20.3. The molecule has 1 fully saturated rings. The van der Waals surface area contributed by atoms with Crippen molar-refractivity contribution in [3.63, 3.8) is 0 Å². The van der Waals surface area contributed by atoms with Crippen LogP contribution in [0.3, 0.4) is 0 Å². The molecule has 2 unspecified atom stereocenters. The standard InChI is InChI=1S/C18H23N5O5/c1-3-28-17(25)14-15(12-5-4-6-13(11-12)23(26)27)19-18(20-16(14)24)22-9-7-21(2)8-10-22/h4-6,11,14-15H,3,7-10H2,1-2H3,(H,19,20,24). The monoisotopic (exact) mass is 389 g/mol. The first-order chi connectivity index (χ1) is 13.4. The summed E-state index contributed by atoms with van der Waals surface area (Å²) >= 11 is 0. The predicted molar refractivity (Wildman–Crippen MR) is 101 cm³/mol. The fourth-order valence-corrected chi connectivity index (χ4v) is 3.31. The second-order valence-electron chi connectivity index (χ2n) is 6.76. The van der Waals surface area contributed by atoms with Gasteiger partial charge in [-0.15, -0.1) is 0 Å². The summed E-state index contributed by atoms with van der Waals surface area (Å²) in [4.78, 5) is 44.5. The van der Waals surface area contributed by atoms with Crippen molar-refractivity contribution >= 4 is 23.5 Å². The van der Waals surface area contributed by atoms with E-state index in [0.29, 0.717) is 24.6 Å². The molecule has 1 N–H and O–H groups in total. The average Bonchev–Trinajstić information content (AvgIpc) is 2.68. The smallest absolute Gasteiger partial charge is 0.321 e. The number of carbonyl (C=O) groups is 2. The van der Waals surface area contributed by atoms with Gasteiger partial charge in [0.2, 0.25) is 11.9 Å². The SMILES string of the molecule is CCOC(=O)C1C(=O)NC(N2CCN(C)CC2)=NC1c1cccc([N+](=O)[O-])c1. The first kappa shape index (κ1) is 19.7. The fourth-order valence-electron chi connectivity index (χ4n) is 3.31. The zero-order valence-corrected chi connectivity index (χ0v) is 15.8. The van der Waals surface area contributed by atoms with E-state index in [9.17, 15) is 19.7 Å². The van der Waals surface area contributed by atoms with Gasteiger partial charge in [-0.25, -0.2) is 4.99 Å². The average molecular weight is 389 g/mol. The Morgan fingerprint density at radius 2 is 2.07 bits per heavy atom. The molecule has 1 saturated heterocycles. The first-order valence-electron chi connectivity index (χ1n) is 9.14. The second-order valence-corrected chi connectivity index (χ2v) is 6.76. The molecule has 10 nitrogen and oxygen atoms in total. The van der Waals surface area contributed by atoms with Crippen LogP contribution in [0.1, 0.15) is 18.5 Å². The van der Waals surface area contributed by atoms with E-state index in [0.717, 1.165) is 13.1 Å². The molecule has 1 amide bonds. The number of amides is 1. The molecule has 1 aromatic rings. The van der Waals surface area contributed by atoms with E-state index < -0.39 is 28.8 Å². The molecule has 0 spiro atoms. The van der Waals surface area contributed by atoms with Gasteiger partial charge in [0, 0.05) is 38.3 Å². The van der Waals surface area contributed by atoms with E-state index in [1.165, 1.54) is 18.2 Å². The van der Waals surface area contributed by atoms with Gasteiger partial charge < -0.3 is 14.5 Å². The van der Waals surface area contributed by atoms with Crippen LogP contribution in [0.5, 0.6) is 0 Å². The number of nitrogens with zero attached hydrogens (tertiary/aromatic N) is 4. The lowest BCUT2D eigenvalue weighted by atomic mass is 9.91. The summed E-state index contributed by atoms with van der Waals surface area (Å²) < 4.78 is 5.05. The van der Waals surface area contributed by atoms with Gasteiger partial charge in [-0.2, -0.15) is 0 Å². The normalized spacial score (nSPS) is 23.0. The highest BCUT2D eigenvalue weighted by Gasteiger charge is 2.42. The third kappa shape index (κ3) is 4.11. The Kier molecular flexibility index (Phi) is 5.88. The maximum absolute atomic E-state index is 12.8. The van der Waals surface area contributed by atoms with E-state index in [1.807, 2.05) is 11.9 Å². The van der Waals surface area contributed by atoms with Gasteiger partial charge in [0.15, 0.2) is 5.92 Å². The first-order valence-corrected chi connectivity index (χ1v) is 9.14. The highest BCUT2D eigenvalue weighted by atomic mass is 16.6. The van der Waals surface area contributed by atoms with Crippen LogP contribution in [-0.4, -0.2) is 72.4 Å². The summed E-state index contributed by atoms with van der Waals surface area (Å²) in [6, 6.07) is 4.97. The number of non-ortho nitro benzene ring substituents is 1. The minimum absolute atomic E-state index is 0.123. The lowest BCUT2D eigenvalue weighted by molar-refractivity contribution is -0.384. The van der Waals surface area contributed by atoms with Gasteiger partial charge in [0.25, 0.3) is 5.69 Å². The minimum Gasteiger partial charge on any atom is -0.465 e. The summed E-state index contributed by atoms with van der Waals surface area (Å²) in [5.41, 5.74) is 0.302. The number of nitrogens with one attached hydrogen (secondary N) is 1. The number of nitro groups is 1. The molecule has 150 valence electrons. The van der Waals surface area contributed by atoms with Crippen LogP contribution < -0.4 is 5.32 Å². The lowest BCUT2D eigenvalue weighted by Gasteiger charge is -2.37. The topological polar surface area (TPSA) is 117 Å². The number of likely N-dealkylation sites (N-methyl/N-ethyl adjacent to an activating group) is 1. The van der Waals surface area contributed by atoms with E-state index in [4.69, 9.17) is 4.74 Å². The van der Waals surface area contributed by atoms with Gasteiger partial charge in [0.1, 0.15) is 6.04 Å². The largest absolute Gasteiger partial charge is 0.465 e. The number of hydrogen-bond donors (Lipinski definition) is 1. The summed E-state index contributed by atoms with van der Waals surface area (Å²) in [5.74, 6) is -2.02. The Labute approximate surface area is 162 Å². The van der Waals surface area contributed by atoms with Crippen molar-refractivity contribution in [3.05, 3.63) is 39.9 Å². The van der Waals surface area contributed by atoms with Crippen molar-refractivity contribution in [1.82, 2.24) is 15.1 Å². The van der Waals surface area contributed by atoms with Crippen LogP contribution >= 0.6 is 0 Å². The number of carbonyl (C=O) groups excluding carboxylic acids is 2. The molecule has 10 heteroatoms. The molecular formula is C18H23N5O5. The van der Waals surface area contributed by atoms with Crippen LogP contribution in [0.2, 0.25) is 0 Å². The molecule has 0 aliphatic carbocycles. The van der Waals surface area contributed by atoms with E-state index in [-0.39, 0.29) is 12.3 Å². The van der Waals surface area contributed by atoms with Crippen molar-refractivity contribution in [2.45, 2.75) is 13.0 Å². The van der Waals surface area contributed by atoms with Crippen molar-refractivity contribution in [1.29, 1.82) is 0 Å². The van der Waals surface area contributed by atoms with E-state index >= 15 is 0 Å². The summed E-state index contributed by atoms with van der Waals surface area (Å²) in [7, 11) is 2.02. The van der Waals surface area contributed by atoms with Crippen LogP contribution in [0, 0.1) is 16.0 Å². The van der Waals surface area contributed by atoms with Crippen LogP contribution in [0.4, 0.5) is 5.69 Å². The summed E-state index contributed by atoms with van der Waals surface area (Å²) in [5, 5.41) is 13.9. The number of benzene rings is 1. The maximum Gasteiger partial charge on any atom is 0.321 e. The Morgan fingerprint density at radius 3 is 2.71 bits per heavy atom. The highest BCUT2D eigenvalue weighted by Crippen LogP contribution is 2.32. The molecule has 0 radical (unpaired) electrons. The maximum atomic E-state index is 12.8. The van der Waals surface area contributed by atoms with Crippen molar-refractivity contribution in [2.24, 2.45) is 10.9 Å². The zero-order valence-electron chi connectivity index (χ0n) is 15.8. The van der Waals surface area contributed by atoms with E-state index in [1.54, 1.807) is 13.0 Å². The minimum atomic E-state index is -1.20. The third-order valence-electron chi connectivity index (χ3n) is 4.86. The quantitative estimate of drug-likeness (QED) is 0.346. The lowest BCUT2D eigenvalue weighted by Crippen LogP contribution is -2.56. The number of piperazine rings is 1. The molecule has 2 atom stereocenters. The molecule has 0 aromatic heterocycles. The highest BCUT2D eigenvalue weighted by molar-refractivity contribution is 6.08. The molecule has 2 aliphatic rings. The Balaban J connectivity index is 1.99. The van der Waals surface area contributed by atoms with Gasteiger partial charge in [0.05, 0.1) is 11.5 Å². The number of nitro benzene ring substituents is 1. The summed E-state index contributed by atoms with van der Waals surface area (Å²) in [6.07, 6.45) is 0. The molecular weight excluding hydrogens is 366 g/mol. The van der Waals surface area contributed by atoms with Crippen molar-refractivity contribution < 1.29 is 19.2 Å². The molecule has 1 aromatic carbocycles. The van der Waals surface area contributed by atoms with Crippen LogP contribution in [0.25, 0.3) is 0 Å². The van der Waals surface area contributed by atoms with Gasteiger partial charge in [-0.3, -0.25) is 25.0 Å². The van der Waals surface area contributed by atoms with Gasteiger partial charge in [-0.1, -0.05) is 12.1 Å². The summed E-state index contributed by atoms with van der Waals surface area (Å²) in [6.45, 7) is 4.78. The number of hydrogen-bond acceptors (Lipinski definition) is 8. The molecule has 2 heterocycles. The van der Waals surface area contributed by atoms with Gasteiger partial charge >= 0.3 is 5.97 Å². The molecule has 3 rings (SSSR count). The Hall–Kier alpha value is -3.01. The van der Waals surface area contributed by atoms with E-state index in [2.05, 4.69) is 15.2 Å². The third-order valence-corrected chi connectivity index (χ3v) is 4.86. The molecule has 2 aliphatic heterocycles. The number of rotatable bonds is 4. The number of ether oxygens (including phenoxy) is 1. The van der Waals surface area contributed by atoms with Crippen molar-refractivity contribution in [3.8, 4) is 0 Å². The van der Waals surface area contributed by atoms with Crippen LogP contribution in [0.15, 0.2) is 29.3 Å². The van der Waals surface area contributed by atoms with Crippen molar-refractivity contribution in [2.75, 3.05) is 39.8 Å². The number of esters is 1. The van der Waals surface area contributed by atoms with Gasteiger partial charge in [-0.05, 0) is 19.5 Å². The fraction of sp³-hybridized carbons (Fsp3) is 0.500. The Morgan fingerprint density at radius 1 is 1.36 bits per heavy atom. The number of aliphatic imine (C=N–C) groups is 1. The predicted octanol–water partition coefficient (Wildman–Crippen LogP) is 0.548. The number of guanidine groups is 1. The second kappa shape index (κ2) is 8.34.